The number of hydrogen-bond acceptors (Lipinski definition) is 6. The Balaban J connectivity index is 1.79. The average molecular weight is 495 g/mol. The molecule has 5 rings (SSSR count). The fourth-order valence-electron chi connectivity index (χ4n) is 3.71. The van der Waals surface area contributed by atoms with Gasteiger partial charge in [0.15, 0.2) is 11.3 Å². The summed E-state index contributed by atoms with van der Waals surface area (Å²) in [6.07, 6.45) is 0. The van der Waals surface area contributed by atoms with E-state index in [9.17, 15) is 19.1 Å². The van der Waals surface area contributed by atoms with Crippen LogP contribution in [0.5, 0.6) is 5.75 Å². The molecular formula is C25H16ClFN2O4S. The van der Waals surface area contributed by atoms with E-state index in [4.69, 9.17) is 16.0 Å². The van der Waals surface area contributed by atoms with Gasteiger partial charge in [0, 0.05) is 15.6 Å². The minimum Gasteiger partial charge on any atom is -0.505 e. The number of pyridine rings is 2. The molecule has 1 N–H and O–H groups in total. The van der Waals surface area contributed by atoms with Crippen molar-refractivity contribution in [2.75, 3.05) is 0 Å². The highest BCUT2D eigenvalue weighted by Crippen LogP contribution is 2.37. The first-order valence-electron chi connectivity index (χ1n) is 10.2. The summed E-state index contributed by atoms with van der Waals surface area (Å²) in [6.45, 7) is 1.85. The minimum absolute atomic E-state index is 0.0409. The fraction of sp³-hybridized carbons (Fsp3) is 0.0800. The predicted octanol–water partition coefficient (Wildman–Crippen LogP) is 5.51. The Morgan fingerprint density at radius 1 is 1.12 bits per heavy atom. The lowest BCUT2D eigenvalue weighted by atomic mass is 10.1. The van der Waals surface area contributed by atoms with E-state index in [1.807, 2.05) is 0 Å². The van der Waals surface area contributed by atoms with Crippen molar-refractivity contribution in [1.82, 2.24) is 9.55 Å². The molecule has 3 heterocycles. The third kappa shape index (κ3) is 3.95. The third-order valence-electron chi connectivity index (χ3n) is 5.30. The molecule has 2 aromatic carbocycles. The average Bonchev–Trinajstić information content (AvgIpc) is 2.80. The first kappa shape index (κ1) is 22.2. The van der Waals surface area contributed by atoms with Crippen molar-refractivity contribution < 1.29 is 13.9 Å². The lowest BCUT2D eigenvalue weighted by molar-refractivity contribution is 0.446. The number of aromatic nitrogens is 2. The molecular weight excluding hydrogens is 479 g/mol. The van der Waals surface area contributed by atoms with Gasteiger partial charge in [-0.25, -0.2) is 14.2 Å². The standard InChI is InChI=1S/C25H16ClFN2O4S/c1-13-5-10-18-21-19(20(30)22(25(32)33-21)34-17-4-2-3-15(26)11-17)24(31)29(23(18)28-13)12-14-6-8-16(27)9-7-14/h2-11,30H,12H2,1H3. The molecule has 34 heavy (non-hydrogen) atoms. The molecule has 5 aromatic rings. The van der Waals surface area contributed by atoms with Crippen molar-refractivity contribution in [3.05, 3.63) is 104 Å². The van der Waals surface area contributed by atoms with E-state index >= 15 is 0 Å². The maximum atomic E-state index is 13.6. The fourth-order valence-corrected chi connectivity index (χ4v) is 4.86. The van der Waals surface area contributed by atoms with Crippen LogP contribution in [0.15, 0.2) is 84.5 Å². The number of fused-ring (bicyclic) bond motifs is 3. The zero-order valence-corrected chi connectivity index (χ0v) is 19.3. The van der Waals surface area contributed by atoms with E-state index < -0.39 is 22.8 Å². The van der Waals surface area contributed by atoms with Crippen LogP contribution in [0, 0.1) is 12.7 Å². The van der Waals surface area contributed by atoms with E-state index in [-0.39, 0.29) is 22.4 Å². The Hall–Kier alpha value is -3.62. The molecule has 0 saturated carbocycles. The number of halogens is 2. The van der Waals surface area contributed by atoms with E-state index in [1.165, 1.54) is 16.7 Å². The van der Waals surface area contributed by atoms with Crippen LogP contribution in [0.3, 0.4) is 0 Å². The zero-order valence-electron chi connectivity index (χ0n) is 17.7. The van der Waals surface area contributed by atoms with Gasteiger partial charge in [-0.15, -0.1) is 0 Å². The molecule has 9 heteroatoms. The second-order valence-corrected chi connectivity index (χ2v) is 9.19. The zero-order chi connectivity index (χ0) is 24.0. The maximum Gasteiger partial charge on any atom is 0.354 e. The lowest BCUT2D eigenvalue weighted by Gasteiger charge is -2.14. The highest BCUT2D eigenvalue weighted by molar-refractivity contribution is 7.99. The van der Waals surface area contributed by atoms with E-state index in [1.54, 1.807) is 55.5 Å². The summed E-state index contributed by atoms with van der Waals surface area (Å²) in [6, 6.07) is 15.9. The molecule has 0 saturated heterocycles. The topological polar surface area (TPSA) is 85.3 Å². The van der Waals surface area contributed by atoms with E-state index in [0.717, 1.165) is 11.8 Å². The normalized spacial score (nSPS) is 11.4. The Bertz CT molecular complexity index is 1700. The number of aryl methyl sites for hydroxylation is 1. The summed E-state index contributed by atoms with van der Waals surface area (Å²) in [5.41, 5.74) is 0.198. The van der Waals surface area contributed by atoms with Crippen LogP contribution >= 0.6 is 23.4 Å². The van der Waals surface area contributed by atoms with Crippen LogP contribution in [0.2, 0.25) is 5.02 Å². The first-order valence-corrected chi connectivity index (χ1v) is 11.4. The number of nitrogens with zero attached hydrogens (tertiary/aromatic N) is 2. The number of rotatable bonds is 4. The van der Waals surface area contributed by atoms with Crippen molar-refractivity contribution in [1.29, 1.82) is 0 Å². The highest BCUT2D eigenvalue weighted by Gasteiger charge is 2.23. The maximum absolute atomic E-state index is 13.6. The smallest absolute Gasteiger partial charge is 0.354 e. The molecule has 0 aliphatic heterocycles. The Morgan fingerprint density at radius 2 is 1.88 bits per heavy atom. The van der Waals surface area contributed by atoms with Gasteiger partial charge in [-0.3, -0.25) is 9.36 Å². The second-order valence-electron chi connectivity index (χ2n) is 7.67. The monoisotopic (exact) mass is 494 g/mol. The van der Waals surface area contributed by atoms with Gasteiger partial charge in [0.25, 0.3) is 5.56 Å². The lowest BCUT2D eigenvalue weighted by Crippen LogP contribution is -2.23. The van der Waals surface area contributed by atoms with Crippen molar-refractivity contribution in [3.8, 4) is 5.75 Å². The minimum atomic E-state index is -0.785. The summed E-state index contributed by atoms with van der Waals surface area (Å²) in [5.74, 6) is -0.868. The van der Waals surface area contributed by atoms with E-state index in [2.05, 4.69) is 4.98 Å². The predicted molar refractivity (Wildman–Crippen MR) is 130 cm³/mol. The van der Waals surface area contributed by atoms with Gasteiger partial charge in [-0.05, 0) is 55.0 Å². The van der Waals surface area contributed by atoms with Crippen LogP contribution in [-0.2, 0) is 6.54 Å². The number of aromatic hydroxyl groups is 1. The molecule has 0 bridgehead atoms. The van der Waals surface area contributed by atoms with Crippen molar-refractivity contribution >= 4 is 45.4 Å². The number of hydrogen-bond donors (Lipinski definition) is 1. The van der Waals surface area contributed by atoms with Crippen molar-refractivity contribution in [2.45, 2.75) is 23.3 Å². The summed E-state index contributed by atoms with van der Waals surface area (Å²) in [4.78, 5) is 31.4. The largest absolute Gasteiger partial charge is 0.505 e. The summed E-state index contributed by atoms with van der Waals surface area (Å²) in [7, 11) is 0. The molecule has 0 fully saturated rings. The van der Waals surface area contributed by atoms with Crippen LogP contribution in [0.1, 0.15) is 11.3 Å². The van der Waals surface area contributed by atoms with Gasteiger partial charge < -0.3 is 9.52 Å². The van der Waals surface area contributed by atoms with Crippen molar-refractivity contribution in [2.24, 2.45) is 0 Å². The summed E-state index contributed by atoms with van der Waals surface area (Å²) >= 11 is 6.99. The van der Waals surface area contributed by atoms with Crippen molar-refractivity contribution in [3.63, 3.8) is 0 Å². The van der Waals surface area contributed by atoms with Gasteiger partial charge in [-0.1, -0.05) is 41.6 Å². The quantitative estimate of drug-likeness (QED) is 0.332. The highest BCUT2D eigenvalue weighted by atomic mass is 35.5. The second kappa shape index (κ2) is 8.62. The summed E-state index contributed by atoms with van der Waals surface area (Å²) in [5, 5.41) is 11.8. The molecule has 0 radical (unpaired) electrons. The molecule has 6 nitrogen and oxygen atoms in total. The molecule has 0 spiro atoms. The SMILES string of the molecule is Cc1ccc2c3oc(=O)c(Sc4cccc(Cl)c4)c(O)c3c(=O)n(Cc3ccc(F)cc3)c2n1. The molecule has 170 valence electrons. The van der Waals surface area contributed by atoms with Crippen LogP contribution < -0.4 is 11.2 Å². The number of benzene rings is 2. The first-order chi connectivity index (χ1) is 16.3. The van der Waals surface area contributed by atoms with Crippen LogP contribution in [0.25, 0.3) is 22.0 Å². The Kier molecular flexibility index (Phi) is 5.63. The van der Waals surface area contributed by atoms with Crippen LogP contribution in [0.4, 0.5) is 4.39 Å². The van der Waals surface area contributed by atoms with Gasteiger partial charge in [0.2, 0.25) is 0 Å². The van der Waals surface area contributed by atoms with Gasteiger partial charge in [0.1, 0.15) is 21.7 Å². The van der Waals surface area contributed by atoms with Gasteiger partial charge in [0.05, 0.1) is 11.9 Å². The Labute approximate surface area is 201 Å². The molecule has 0 amide bonds. The molecule has 0 aliphatic carbocycles. The molecule has 0 aliphatic rings. The van der Waals surface area contributed by atoms with Crippen LogP contribution in [-0.4, -0.2) is 14.7 Å². The summed E-state index contributed by atoms with van der Waals surface area (Å²) < 4.78 is 20.3. The van der Waals surface area contributed by atoms with Gasteiger partial charge in [-0.2, -0.15) is 0 Å². The Morgan fingerprint density at radius 3 is 2.62 bits per heavy atom. The van der Waals surface area contributed by atoms with Gasteiger partial charge >= 0.3 is 5.63 Å². The van der Waals surface area contributed by atoms with E-state index in [0.29, 0.717) is 32.2 Å². The molecule has 3 aromatic heterocycles. The molecule has 0 atom stereocenters. The third-order valence-corrected chi connectivity index (χ3v) is 6.59. The molecule has 0 unspecified atom stereocenters.